The third kappa shape index (κ3) is 4.78. The molecule has 2 amide bonds. The molecule has 0 unspecified atom stereocenters. The van der Waals surface area contributed by atoms with E-state index in [9.17, 15) is 14.0 Å². The number of rotatable bonds is 7. The molecule has 3 aromatic rings. The fourth-order valence-electron chi connectivity index (χ4n) is 2.75. The van der Waals surface area contributed by atoms with Crippen molar-refractivity contribution < 1.29 is 18.7 Å². The van der Waals surface area contributed by atoms with Crippen LogP contribution >= 0.6 is 11.3 Å². The summed E-state index contributed by atoms with van der Waals surface area (Å²) in [6.45, 7) is 3.96. The van der Waals surface area contributed by atoms with Crippen LogP contribution in [-0.2, 0) is 11.2 Å². The van der Waals surface area contributed by atoms with E-state index in [4.69, 9.17) is 10.5 Å². The van der Waals surface area contributed by atoms with E-state index in [0.29, 0.717) is 12.3 Å². The number of carbonyl (C=O) groups is 2. The lowest BCUT2D eigenvalue weighted by Gasteiger charge is -2.10. The summed E-state index contributed by atoms with van der Waals surface area (Å²) < 4.78 is 19.6. The number of anilines is 1. The van der Waals surface area contributed by atoms with Gasteiger partial charge in [0, 0.05) is 22.2 Å². The van der Waals surface area contributed by atoms with Crippen molar-refractivity contribution in [2.24, 2.45) is 5.73 Å². The summed E-state index contributed by atoms with van der Waals surface area (Å²) >= 11 is 1.41. The van der Waals surface area contributed by atoms with Crippen molar-refractivity contribution in [1.29, 1.82) is 0 Å². The molecular formula is C21H20FN3O3S. The van der Waals surface area contributed by atoms with Gasteiger partial charge in [-0.15, -0.1) is 11.3 Å². The number of aromatic nitrogens is 1. The van der Waals surface area contributed by atoms with Crippen molar-refractivity contribution in [3.63, 3.8) is 0 Å². The SMILES string of the molecule is CCOc1ccccc1-c1nc(CC(=O)Nc2cc(C(N)=O)cc(F)c2C)cs1. The second-order valence-electron chi connectivity index (χ2n) is 6.29. The van der Waals surface area contributed by atoms with Gasteiger partial charge in [-0.05, 0) is 38.1 Å². The quantitative estimate of drug-likeness (QED) is 0.613. The van der Waals surface area contributed by atoms with E-state index >= 15 is 0 Å². The summed E-state index contributed by atoms with van der Waals surface area (Å²) in [6, 6.07) is 9.98. The molecule has 0 radical (unpaired) electrons. The zero-order chi connectivity index (χ0) is 21.0. The Kier molecular flexibility index (Phi) is 6.23. The predicted molar refractivity (Wildman–Crippen MR) is 111 cm³/mol. The number of thiazole rings is 1. The molecule has 150 valence electrons. The van der Waals surface area contributed by atoms with Gasteiger partial charge in [0.25, 0.3) is 0 Å². The van der Waals surface area contributed by atoms with E-state index in [1.54, 1.807) is 5.38 Å². The third-order valence-corrected chi connectivity index (χ3v) is 5.14. The fourth-order valence-corrected chi connectivity index (χ4v) is 3.60. The summed E-state index contributed by atoms with van der Waals surface area (Å²) in [5.41, 5.74) is 7.08. The van der Waals surface area contributed by atoms with Crippen molar-refractivity contribution in [2.45, 2.75) is 20.3 Å². The first-order valence-corrected chi connectivity index (χ1v) is 9.83. The van der Waals surface area contributed by atoms with Crippen LogP contribution in [0.4, 0.5) is 10.1 Å². The molecule has 3 N–H and O–H groups in total. The van der Waals surface area contributed by atoms with Gasteiger partial charge in [-0.25, -0.2) is 9.37 Å². The van der Waals surface area contributed by atoms with E-state index in [-0.39, 0.29) is 29.1 Å². The van der Waals surface area contributed by atoms with Crippen LogP contribution in [0.2, 0.25) is 0 Å². The molecule has 0 aliphatic carbocycles. The molecule has 0 saturated heterocycles. The second kappa shape index (κ2) is 8.83. The van der Waals surface area contributed by atoms with Crippen molar-refractivity contribution >= 4 is 28.8 Å². The van der Waals surface area contributed by atoms with Gasteiger partial charge in [-0.1, -0.05) is 12.1 Å². The monoisotopic (exact) mass is 413 g/mol. The highest BCUT2D eigenvalue weighted by Crippen LogP contribution is 2.32. The highest BCUT2D eigenvalue weighted by molar-refractivity contribution is 7.13. The van der Waals surface area contributed by atoms with Gasteiger partial charge in [0.15, 0.2) is 0 Å². The lowest BCUT2D eigenvalue weighted by molar-refractivity contribution is -0.115. The Morgan fingerprint density at radius 2 is 2.03 bits per heavy atom. The number of ether oxygens (including phenoxy) is 1. The minimum Gasteiger partial charge on any atom is -0.493 e. The molecule has 0 aliphatic heterocycles. The maximum atomic E-state index is 14.0. The summed E-state index contributed by atoms with van der Waals surface area (Å²) in [5.74, 6) is -1.02. The maximum Gasteiger partial charge on any atom is 0.248 e. The second-order valence-corrected chi connectivity index (χ2v) is 7.15. The largest absolute Gasteiger partial charge is 0.493 e. The molecular weight excluding hydrogens is 393 g/mol. The van der Waals surface area contributed by atoms with Crippen LogP contribution in [0, 0.1) is 12.7 Å². The molecule has 6 nitrogen and oxygen atoms in total. The summed E-state index contributed by atoms with van der Waals surface area (Å²) in [4.78, 5) is 28.3. The minimum atomic E-state index is -0.767. The molecule has 3 rings (SSSR count). The molecule has 1 aromatic heterocycles. The number of amides is 2. The number of halogens is 1. The average molecular weight is 413 g/mol. The van der Waals surface area contributed by atoms with Crippen LogP contribution in [-0.4, -0.2) is 23.4 Å². The fraction of sp³-hybridized carbons (Fsp3) is 0.190. The maximum absolute atomic E-state index is 14.0. The number of carbonyl (C=O) groups excluding carboxylic acids is 2. The lowest BCUT2D eigenvalue weighted by atomic mass is 10.1. The zero-order valence-electron chi connectivity index (χ0n) is 16.0. The van der Waals surface area contributed by atoms with Crippen LogP contribution in [0.3, 0.4) is 0 Å². The van der Waals surface area contributed by atoms with Crippen molar-refractivity contribution in [2.75, 3.05) is 11.9 Å². The van der Waals surface area contributed by atoms with E-state index in [1.807, 2.05) is 31.2 Å². The molecule has 0 saturated carbocycles. The topological polar surface area (TPSA) is 94.3 Å². The van der Waals surface area contributed by atoms with Gasteiger partial charge in [0.2, 0.25) is 11.8 Å². The van der Waals surface area contributed by atoms with Gasteiger partial charge in [-0.3, -0.25) is 9.59 Å². The van der Waals surface area contributed by atoms with E-state index in [0.717, 1.165) is 22.4 Å². The molecule has 0 atom stereocenters. The average Bonchev–Trinajstić information content (AvgIpc) is 3.14. The number of hydrogen-bond acceptors (Lipinski definition) is 5. The Morgan fingerprint density at radius 1 is 1.28 bits per heavy atom. The van der Waals surface area contributed by atoms with Crippen molar-refractivity contribution in [3.8, 4) is 16.3 Å². The number of nitrogens with two attached hydrogens (primary N) is 1. The summed E-state index contributed by atoms with van der Waals surface area (Å²) in [7, 11) is 0. The lowest BCUT2D eigenvalue weighted by Crippen LogP contribution is -2.18. The van der Waals surface area contributed by atoms with Crippen LogP contribution in [0.1, 0.15) is 28.5 Å². The van der Waals surface area contributed by atoms with Crippen LogP contribution < -0.4 is 15.8 Å². The van der Waals surface area contributed by atoms with Crippen LogP contribution in [0.15, 0.2) is 41.8 Å². The van der Waals surface area contributed by atoms with E-state index < -0.39 is 11.7 Å². The number of nitrogens with zero attached hydrogens (tertiary/aromatic N) is 1. The number of para-hydroxylation sites is 1. The number of hydrogen-bond donors (Lipinski definition) is 2. The van der Waals surface area contributed by atoms with Crippen LogP contribution in [0.5, 0.6) is 5.75 Å². The Bertz CT molecular complexity index is 1070. The Balaban J connectivity index is 1.76. The normalized spacial score (nSPS) is 10.6. The summed E-state index contributed by atoms with van der Waals surface area (Å²) in [5, 5.41) is 5.17. The van der Waals surface area contributed by atoms with E-state index in [2.05, 4.69) is 10.3 Å². The number of nitrogens with one attached hydrogen (secondary N) is 1. The Hall–Kier alpha value is -3.26. The zero-order valence-corrected chi connectivity index (χ0v) is 16.8. The highest BCUT2D eigenvalue weighted by atomic mass is 32.1. The molecule has 2 aromatic carbocycles. The van der Waals surface area contributed by atoms with Gasteiger partial charge in [-0.2, -0.15) is 0 Å². The number of benzene rings is 2. The molecule has 0 bridgehead atoms. The third-order valence-electron chi connectivity index (χ3n) is 4.21. The Labute approximate surface area is 171 Å². The highest BCUT2D eigenvalue weighted by Gasteiger charge is 2.15. The van der Waals surface area contributed by atoms with Crippen molar-refractivity contribution in [1.82, 2.24) is 4.98 Å². The number of primary amides is 1. The molecule has 0 aliphatic rings. The first-order chi connectivity index (χ1) is 13.9. The van der Waals surface area contributed by atoms with Crippen molar-refractivity contribution in [3.05, 3.63) is 64.4 Å². The van der Waals surface area contributed by atoms with Gasteiger partial charge < -0.3 is 15.8 Å². The van der Waals surface area contributed by atoms with Gasteiger partial charge in [0.1, 0.15) is 16.6 Å². The summed E-state index contributed by atoms with van der Waals surface area (Å²) in [6.07, 6.45) is 0.00909. The minimum absolute atomic E-state index is 0.00752. The molecule has 0 spiro atoms. The molecule has 0 fully saturated rings. The Morgan fingerprint density at radius 3 is 2.76 bits per heavy atom. The smallest absolute Gasteiger partial charge is 0.248 e. The first-order valence-electron chi connectivity index (χ1n) is 8.95. The molecule has 1 heterocycles. The standard InChI is InChI=1S/C21H20FN3O3S/c1-3-28-18-7-5-4-6-15(18)21-24-14(11-29-21)10-19(26)25-17-9-13(20(23)27)8-16(22)12(17)2/h4-9,11H,3,10H2,1-2H3,(H2,23,27)(H,25,26). The molecule has 29 heavy (non-hydrogen) atoms. The van der Waals surface area contributed by atoms with Gasteiger partial charge in [0.05, 0.1) is 24.3 Å². The molecule has 8 heteroatoms. The van der Waals surface area contributed by atoms with Crippen LogP contribution in [0.25, 0.3) is 10.6 Å². The van der Waals surface area contributed by atoms with E-state index in [1.165, 1.54) is 24.3 Å². The predicted octanol–water partition coefficient (Wildman–Crippen LogP) is 3.94. The first kappa shape index (κ1) is 20.5. The van der Waals surface area contributed by atoms with Gasteiger partial charge >= 0.3 is 0 Å².